The van der Waals surface area contributed by atoms with Crippen molar-refractivity contribution in [2.45, 2.75) is 32.2 Å². The number of benzene rings is 2. The van der Waals surface area contributed by atoms with Gasteiger partial charge in [0.2, 0.25) is 0 Å². The van der Waals surface area contributed by atoms with Gasteiger partial charge in [-0.25, -0.2) is 0 Å². The summed E-state index contributed by atoms with van der Waals surface area (Å²) in [6, 6.07) is 14.8. The summed E-state index contributed by atoms with van der Waals surface area (Å²) in [7, 11) is 0. The molecular weight excluding hydrogens is 232 g/mol. The molecule has 0 aliphatic heterocycles. The molecule has 1 aliphatic carbocycles. The van der Waals surface area contributed by atoms with Crippen molar-refractivity contribution in [3.63, 3.8) is 0 Å². The molecule has 2 aromatic carbocycles. The predicted octanol–water partition coefficient (Wildman–Crippen LogP) is 3.89. The smallest absolute Gasteiger partial charge is 0.0972 e. The lowest BCUT2D eigenvalue weighted by molar-refractivity contribution is 0.715. The molecule has 0 heterocycles. The molecule has 2 N–H and O–H groups in total. The van der Waals surface area contributed by atoms with E-state index in [0.29, 0.717) is 12.5 Å². The summed E-state index contributed by atoms with van der Waals surface area (Å²) < 4.78 is 0. The Morgan fingerprint density at radius 3 is 2.63 bits per heavy atom. The third-order valence-electron chi connectivity index (χ3n) is 4.09. The lowest BCUT2D eigenvalue weighted by Crippen LogP contribution is -2.21. The fraction of sp³-hybridized carbons (Fsp3) is 0.353. The number of nitrogens with two attached hydrogens (primary N) is 1. The predicted molar refractivity (Wildman–Crippen MR) is 81.2 cm³/mol. The molecule has 98 valence electrons. The average Bonchev–Trinajstić information content (AvgIpc) is 2.99. The van der Waals surface area contributed by atoms with Crippen molar-refractivity contribution in [2.75, 3.05) is 0 Å². The monoisotopic (exact) mass is 252 g/mol. The number of amidine groups is 1. The van der Waals surface area contributed by atoms with Crippen molar-refractivity contribution in [1.82, 2.24) is 0 Å². The first-order valence-electron chi connectivity index (χ1n) is 7.11. The van der Waals surface area contributed by atoms with Crippen LogP contribution in [-0.4, -0.2) is 5.84 Å². The first-order chi connectivity index (χ1) is 9.34. The first-order valence-corrected chi connectivity index (χ1v) is 7.11. The Bertz CT molecular complexity index is 590. The summed E-state index contributed by atoms with van der Waals surface area (Å²) in [4.78, 5) is 4.62. The fourth-order valence-electron chi connectivity index (χ4n) is 2.96. The van der Waals surface area contributed by atoms with Gasteiger partial charge in [0.25, 0.3) is 0 Å². The summed E-state index contributed by atoms with van der Waals surface area (Å²) in [5, 5.41) is 2.56. The van der Waals surface area contributed by atoms with E-state index in [1.54, 1.807) is 0 Å². The highest BCUT2D eigenvalue weighted by atomic mass is 14.9. The quantitative estimate of drug-likeness (QED) is 0.653. The van der Waals surface area contributed by atoms with E-state index in [1.807, 2.05) is 0 Å². The maximum absolute atomic E-state index is 6.12. The van der Waals surface area contributed by atoms with Gasteiger partial charge in [0, 0.05) is 5.92 Å². The van der Waals surface area contributed by atoms with E-state index in [0.717, 1.165) is 5.84 Å². The second-order valence-electron chi connectivity index (χ2n) is 5.36. The van der Waals surface area contributed by atoms with Crippen molar-refractivity contribution >= 4 is 16.6 Å². The van der Waals surface area contributed by atoms with Crippen molar-refractivity contribution in [3.8, 4) is 0 Å². The number of hydrogen-bond acceptors (Lipinski definition) is 1. The second-order valence-corrected chi connectivity index (χ2v) is 5.36. The highest BCUT2D eigenvalue weighted by Gasteiger charge is 2.18. The van der Waals surface area contributed by atoms with E-state index in [4.69, 9.17) is 5.73 Å². The highest BCUT2D eigenvalue weighted by molar-refractivity contribution is 5.86. The van der Waals surface area contributed by atoms with Crippen LogP contribution in [-0.2, 0) is 6.54 Å². The van der Waals surface area contributed by atoms with E-state index in [9.17, 15) is 0 Å². The zero-order valence-electron chi connectivity index (χ0n) is 11.2. The van der Waals surface area contributed by atoms with E-state index in [1.165, 1.54) is 42.0 Å². The van der Waals surface area contributed by atoms with E-state index >= 15 is 0 Å². The molecule has 2 heteroatoms. The maximum Gasteiger partial charge on any atom is 0.0972 e. The molecule has 0 saturated heterocycles. The van der Waals surface area contributed by atoms with Crippen LogP contribution in [0.1, 0.15) is 31.2 Å². The molecule has 0 spiro atoms. The number of hydrogen-bond donors (Lipinski definition) is 1. The van der Waals surface area contributed by atoms with Gasteiger partial charge >= 0.3 is 0 Å². The summed E-state index contributed by atoms with van der Waals surface area (Å²) >= 11 is 0. The topological polar surface area (TPSA) is 38.4 Å². The minimum absolute atomic E-state index is 0.523. The highest BCUT2D eigenvalue weighted by Crippen LogP contribution is 2.25. The Balaban J connectivity index is 1.83. The minimum Gasteiger partial charge on any atom is -0.387 e. The lowest BCUT2D eigenvalue weighted by atomic mass is 10.0. The van der Waals surface area contributed by atoms with Gasteiger partial charge in [0.15, 0.2) is 0 Å². The van der Waals surface area contributed by atoms with Crippen LogP contribution in [0.4, 0.5) is 0 Å². The number of nitrogens with zero attached hydrogens (tertiary/aromatic N) is 1. The van der Waals surface area contributed by atoms with Crippen molar-refractivity contribution < 1.29 is 0 Å². The molecule has 1 saturated carbocycles. The van der Waals surface area contributed by atoms with Gasteiger partial charge < -0.3 is 5.73 Å². The van der Waals surface area contributed by atoms with Gasteiger partial charge in [0.05, 0.1) is 12.4 Å². The summed E-state index contributed by atoms with van der Waals surface area (Å²) in [6.07, 6.45) is 5.03. The molecule has 1 fully saturated rings. The minimum atomic E-state index is 0.523. The Morgan fingerprint density at radius 1 is 1.05 bits per heavy atom. The molecule has 0 aromatic heterocycles. The molecule has 0 atom stereocenters. The van der Waals surface area contributed by atoms with Gasteiger partial charge in [0.1, 0.15) is 0 Å². The third-order valence-corrected chi connectivity index (χ3v) is 4.09. The van der Waals surface area contributed by atoms with Crippen LogP contribution in [0.2, 0.25) is 0 Å². The van der Waals surface area contributed by atoms with Crippen LogP contribution in [0.3, 0.4) is 0 Å². The summed E-state index contributed by atoms with van der Waals surface area (Å²) in [5.74, 6) is 1.38. The van der Waals surface area contributed by atoms with Crippen LogP contribution in [0.25, 0.3) is 10.8 Å². The summed E-state index contributed by atoms with van der Waals surface area (Å²) in [6.45, 7) is 0.698. The zero-order valence-corrected chi connectivity index (χ0v) is 11.2. The van der Waals surface area contributed by atoms with E-state index in [-0.39, 0.29) is 0 Å². The Morgan fingerprint density at radius 2 is 1.79 bits per heavy atom. The fourth-order valence-corrected chi connectivity index (χ4v) is 2.96. The van der Waals surface area contributed by atoms with Crippen molar-refractivity contribution in [2.24, 2.45) is 16.6 Å². The zero-order chi connectivity index (χ0) is 13.1. The van der Waals surface area contributed by atoms with Crippen LogP contribution < -0.4 is 5.73 Å². The van der Waals surface area contributed by atoms with Gasteiger partial charge in [-0.1, -0.05) is 55.3 Å². The third kappa shape index (κ3) is 2.62. The van der Waals surface area contributed by atoms with E-state index < -0.39 is 0 Å². The Kier molecular flexibility index (Phi) is 3.49. The Labute approximate surface area is 114 Å². The van der Waals surface area contributed by atoms with Crippen LogP contribution in [0.5, 0.6) is 0 Å². The molecule has 1 aliphatic rings. The van der Waals surface area contributed by atoms with Crippen LogP contribution in [0.15, 0.2) is 47.5 Å². The number of rotatable bonds is 3. The number of aliphatic imine (C=N–C) groups is 1. The van der Waals surface area contributed by atoms with Crippen LogP contribution in [0, 0.1) is 5.92 Å². The number of fused-ring (bicyclic) bond motifs is 1. The molecule has 0 amide bonds. The Hall–Kier alpha value is -1.83. The first kappa shape index (κ1) is 12.2. The van der Waals surface area contributed by atoms with Crippen molar-refractivity contribution in [1.29, 1.82) is 0 Å². The largest absolute Gasteiger partial charge is 0.387 e. The summed E-state index contributed by atoms with van der Waals surface area (Å²) in [5.41, 5.74) is 7.38. The lowest BCUT2D eigenvalue weighted by Gasteiger charge is -2.09. The molecule has 2 nitrogen and oxygen atoms in total. The van der Waals surface area contributed by atoms with Gasteiger partial charge in [-0.3, -0.25) is 4.99 Å². The normalized spacial score (nSPS) is 17.2. The van der Waals surface area contributed by atoms with Crippen molar-refractivity contribution in [3.05, 3.63) is 48.0 Å². The molecule has 2 aromatic rings. The standard InChI is InChI=1S/C17H20N2/c18-17(14-7-1-2-8-14)19-12-15-10-5-9-13-6-3-4-11-16(13)15/h3-6,9-11,14H,1-2,7-8,12H2,(H2,18,19). The van der Waals surface area contributed by atoms with Gasteiger partial charge in [-0.2, -0.15) is 0 Å². The molecule has 19 heavy (non-hydrogen) atoms. The molecule has 0 radical (unpaired) electrons. The van der Waals surface area contributed by atoms with Crippen LogP contribution >= 0.6 is 0 Å². The SMILES string of the molecule is NC(=NCc1cccc2ccccc12)C1CCCC1. The van der Waals surface area contributed by atoms with E-state index in [2.05, 4.69) is 47.5 Å². The molecular formula is C17H20N2. The van der Waals surface area contributed by atoms with Gasteiger partial charge in [-0.05, 0) is 29.2 Å². The average molecular weight is 252 g/mol. The molecule has 0 unspecified atom stereocenters. The molecule has 0 bridgehead atoms. The molecule has 3 rings (SSSR count). The maximum atomic E-state index is 6.12. The second kappa shape index (κ2) is 5.43. The van der Waals surface area contributed by atoms with Gasteiger partial charge in [-0.15, -0.1) is 0 Å².